The fourth-order valence-corrected chi connectivity index (χ4v) is 4.15. The lowest BCUT2D eigenvalue weighted by molar-refractivity contribution is -0.135. The van der Waals surface area contributed by atoms with Crippen molar-refractivity contribution in [1.29, 1.82) is 0 Å². The molecule has 2 atom stereocenters. The van der Waals surface area contributed by atoms with E-state index in [-0.39, 0.29) is 24.0 Å². The molecule has 33 heavy (non-hydrogen) atoms. The van der Waals surface area contributed by atoms with Gasteiger partial charge in [-0.3, -0.25) is 14.3 Å². The lowest BCUT2D eigenvalue weighted by Crippen LogP contribution is -2.54. The molecule has 174 valence electrons. The highest BCUT2D eigenvalue weighted by molar-refractivity contribution is 6.06. The molecule has 3 aromatic rings. The number of likely N-dealkylation sites (tertiary alicyclic amines) is 1. The number of aliphatic hydroxyl groups excluding tert-OH is 1. The van der Waals surface area contributed by atoms with Crippen LogP contribution in [0.4, 0.5) is 4.39 Å². The Morgan fingerprint density at radius 1 is 1.18 bits per heavy atom. The molecule has 7 nitrogen and oxygen atoms in total. The molecule has 1 aliphatic heterocycles. The van der Waals surface area contributed by atoms with E-state index < -0.39 is 23.5 Å². The molecule has 2 aromatic carbocycles. The van der Waals surface area contributed by atoms with Gasteiger partial charge in [-0.25, -0.2) is 4.39 Å². The van der Waals surface area contributed by atoms with Crippen LogP contribution in [0.5, 0.6) is 0 Å². The van der Waals surface area contributed by atoms with Crippen molar-refractivity contribution in [3.05, 3.63) is 65.6 Å². The third kappa shape index (κ3) is 4.90. The number of carbonyl (C=O) groups excluding carboxylic acids is 2. The normalized spacial score (nSPS) is 17.4. The summed E-state index contributed by atoms with van der Waals surface area (Å²) in [6.07, 6.45) is 0.00555. The lowest BCUT2D eigenvalue weighted by Gasteiger charge is -2.33. The second-order valence-electron chi connectivity index (χ2n) is 9.65. The van der Waals surface area contributed by atoms with Crippen LogP contribution in [0, 0.1) is 11.2 Å². The van der Waals surface area contributed by atoms with Gasteiger partial charge in [0.05, 0.1) is 18.2 Å². The van der Waals surface area contributed by atoms with Gasteiger partial charge in [0, 0.05) is 18.5 Å². The third-order valence-electron chi connectivity index (χ3n) is 5.98. The number of amides is 2. The molecule has 1 fully saturated rings. The molecule has 8 heteroatoms. The van der Waals surface area contributed by atoms with Crippen molar-refractivity contribution in [2.45, 2.75) is 45.9 Å². The first-order valence-corrected chi connectivity index (χ1v) is 11.1. The van der Waals surface area contributed by atoms with E-state index in [1.807, 2.05) is 45.0 Å². The van der Waals surface area contributed by atoms with Crippen molar-refractivity contribution in [2.24, 2.45) is 5.41 Å². The number of para-hydroxylation sites is 1. The van der Waals surface area contributed by atoms with Crippen molar-refractivity contribution in [2.75, 3.05) is 13.1 Å². The maximum absolute atomic E-state index is 13.4. The van der Waals surface area contributed by atoms with Crippen molar-refractivity contribution in [3.8, 4) is 0 Å². The van der Waals surface area contributed by atoms with Crippen LogP contribution in [-0.2, 0) is 11.3 Å². The summed E-state index contributed by atoms with van der Waals surface area (Å²) in [5.74, 6) is -0.952. The fourth-order valence-electron chi connectivity index (χ4n) is 4.15. The van der Waals surface area contributed by atoms with Crippen LogP contribution >= 0.6 is 0 Å². The van der Waals surface area contributed by atoms with Gasteiger partial charge < -0.3 is 15.3 Å². The molecule has 2 amide bonds. The summed E-state index contributed by atoms with van der Waals surface area (Å²) in [5, 5.41) is 18.0. The number of halogens is 1. The molecule has 2 N–H and O–H groups in total. The molecule has 2 heterocycles. The standard InChI is InChI=1S/C25H29FN4O3/c1-25(2,3)22(24(33)29-13-12-18(31)15-29)27-23(32)21-19-6-4-5-7-20(19)30(28-21)14-16-8-10-17(26)11-9-16/h4-11,18,22,31H,12-15H2,1-3H3,(H,27,32)/t18-,22-/m1/s1. The van der Waals surface area contributed by atoms with Crippen molar-refractivity contribution < 1.29 is 19.1 Å². The van der Waals surface area contributed by atoms with Crippen LogP contribution in [0.25, 0.3) is 10.9 Å². The molecule has 1 aromatic heterocycles. The van der Waals surface area contributed by atoms with Crippen molar-refractivity contribution in [3.63, 3.8) is 0 Å². The highest BCUT2D eigenvalue weighted by Crippen LogP contribution is 2.25. The fraction of sp³-hybridized carbons (Fsp3) is 0.400. The number of benzene rings is 2. The van der Waals surface area contributed by atoms with Crippen LogP contribution in [0.1, 0.15) is 43.2 Å². The van der Waals surface area contributed by atoms with E-state index in [0.717, 1.165) is 11.1 Å². The molecule has 0 bridgehead atoms. The summed E-state index contributed by atoms with van der Waals surface area (Å²) < 4.78 is 15.0. The Morgan fingerprint density at radius 2 is 1.88 bits per heavy atom. The van der Waals surface area contributed by atoms with E-state index in [9.17, 15) is 19.1 Å². The number of hydrogen-bond donors (Lipinski definition) is 2. The minimum Gasteiger partial charge on any atom is -0.391 e. The van der Waals surface area contributed by atoms with E-state index in [0.29, 0.717) is 24.9 Å². The van der Waals surface area contributed by atoms with Crippen LogP contribution in [0.3, 0.4) is 0 Å². The van der Waals surface area contributed by atoms with Gasteiger partial charge in [-0.2, -0.15) is 5.10 Å². The molecule has 0 aliphatic carbocycles. The quantitative estimate of drug-likeness (QED) is 0.623. The van der Waals surface area contributed by atoms with Gasteiger partial charge in [0.25, 0.3) is 5.91 Å². The monoisotopic (exact) mass is 452 g/mol. The van der Waals surface area contributed by atoms with Crippen molar-refractivity contribution >= 4 is 22.7 Å². The molecular formula is C25H29FN4O3. The molecule has 0 spiro atoms. The SMILES string of the molecule is CC(C)(C)[C@H](NC(=O)c1nn(Cc2ccc(F)cc2)c2ccccc12)C(=O)N1CC[C@@H](O)C1. The minimum absolute atomic E-state index is 0.206. The number of nitrogens with zero attached hydrogens (tertiary/aromatic N) is 3. The molecular weight excluding hydrogens is 423 g/mol. The maximum atomic E-state index is 13.4. The Kier molecular flexibility index (Phi) is 6.21. The van der Waals surface area contributed by atoms with Gasteiger partial charge in [0.2, 0.25) is 5.91 Å². The van der Waals surface area contributed by atoms with Crippen LogP contribution in [0.2, 0.25) is 0 Å². The molecule has 0 unspecified atom stereocenters. The highest BCUT2D eigenvalue weighted by Gasteiger charge is 2.38. The molecule has 1 aliphatic rings. The van der Waals surface area contributed by atoms with E-state index >= 15 is 0 Å². The summed E-state index contributed by atoms with van der Waals surface area (Å²) >= 11 is 0. The van der Waals surface area contributed by atoms with Gasteiger partial charge >= 0.3 is 0 Å². The van der Waals surface area contributed by atoms with E-state index in [4.69, 9.17) is 0 Å². The number of aliphatic hydroxyl groups is 1. The second-order valence-corrected chi connectivity index (χ2v) is 9.65. The zero-order chi connectivity index (χ0) is 23.8. The number of β-amino-alcohol motifs (C(OH)–C–C–N with tert-alkyl or cyclic N) is 1. The first kappa shape index (κ1) is 22.9. The number of nitrogens with one attached hydrogen (secondary N) is 1. The lowest BCUT2D eigenvalue weighted by atomic mass is 9.85. The van der Waals surface area contributed by atoms with Gasteiger partial charge in [-0.05, 0) is 35.6 Å². The third-order valence-corrected chi connectivity index (χ3v) is 5.98. The van der Waals surface area contributed by atoms with E-state index in [1.165, 1.54) is 12.1 Å². The van der Waals surface area contributed by atoms with Crippen molar-refractivity contribution in [1.82, 2.24) is 20.0 Å². The summed E-state index contributed by atoms with van der Waals surface area (Å²) in [4.78, 5) is 28.1. The number of fused-ring (bicyclic) bond motifs is 1. The summed E-state index contributed by atoms with van der Waals surface area (Å²) in [7, 11) is 0. The molecule has 0 saturated carbocycles. The van der Waals surface area contributed by atoms with E-state index in [2.05, 4.69) is 10.4 Å². The van der Waals surface area contributed by atoms with Gasteiger partial charge in [0.15, 0.2) is 5.69 Å². The predicted molar refractivity (Wildman–Crippen MR) is 123 cm³/mol. The summed E-state index contributed by atoms with van der Waals surface area (Å²) in [5.41, 5.74) is 1.32. The first-order valence-electron chi connectivity index (χ1n) is 11.1. The number of rotatable bonds is 5. The average molecular weight is 453 g/mol. The largest absolute Gasteiger partial charge is 0.391 e. The average Bonchev–Trinajstić information content (AvgIpc) is 3.36. The second kappa shape index (κ2) is 8.94. The van der Waals surface area contributed by atoms with Gasteiger partial charge in [-0.1, -0.05) is 51.1 Å². The summed E-state index contributed by atoms with van der Waals surface area (Å²) in [6.45, 7) is 6.81. The predicted octanol–water partition coefficient (Wildman–Crippen LogP) is 2.96. The number of aromatic nitrogens is 2. The van der Waals surface area contributed by atoms with Crippen LogP contribution in [0.15, 0.2) is 48.5 Å². The van der Waals surface area contributed by atoms with Gasteiger partial charge in [0.1, 0.15) is 11.9 Å². The minimum atomic E-state index is -0.767. The zero-order valence-corrected chi connectivity index (χ0v) is 19.1. The smallest absolute Gasteiger partial charge is 0.273 e. The Hall–Kier alpha value is -3.26. The molecule has 4 rings (SSSR count). The first-order chi connectivity index (χ1) is 15.6. The Morgan fingerprint density at radius 3 is 2.52 bits per heavy atom. The zero-order valence-electron chi connectivity index (χ0n) is 19.1. The Bertz CT molecular complexity index is 1170. The Balaban J connectivity index is 1.62. The number of carbonyl (C=O) groups is 2. The summed E-state index contributed by atoms with van der Waals surface area (Å²) in [6, 6.07) is 12.8. The van der Waals surface area contributed by atoms with Crippen LogP contribution < -0.4 is 5.32 Å². The van der Waals surface area contributed by atoms with Crippen LogP contribution in [-0.4, -0.2) is 56.8 Å². The highest BCUT2D eigenvalue weighted by atomic mass is 19.1. The molecule has 1 saturated heterocycles. The Labute approximate surface area is 192 Å². The van der Waals surface area contributed by atoms with Gasteiger partial charge in [-0.15, -0.1) is 0 Å². The number of hydrogen-bond acceptors (Lipinski definition) is 4. The topological polar surface area (TPSA) is 87.5 Å². The molecule has 0 radical (unpaired) electrons. The van der Waals surface area contributed by atoms with E-state index in [1.54, 1.807) is 21.7 Å². The maximum Gasteiger partial charge on any atom is 0.273 e.